The van der Waals surface area contributed by atoms with Crippen LogP contribution in [0.25, 0.3) is 0 Å². The zero-order valence-corrected chi connectivity index (χ0v) is 11.1. The molecule has 1 nitrogen and oxygen atoms in total. The predicted molar refractivity (Wildman–Crippen MR) is 69.2 cm³/mol. The van der Waals surface area contributed by atoms with Gasteiger partial charge in [0.15, 0.2) is 0 Å². The number of thiophene rings is 2. The lowest BCUT2D eigenvalue weighted by molar-refractivity contribution is 0.104. The first-order chi connectivity index (χ1) is 7.65. The molecule has 0 N–H and O–H groups in total. The quantitative estimate of drug-likeness (QED) is 0.703. The zero-order chi connectivity index (χ0) is 11.3. The first-order valence-corrected chi connectivity index (χ1v) is 7.08. The monoisotopic (exact) mass is 268 g/mol. The van der Waals surface area contributed by atoms with Gasteiger partial charge in [0, 0.05) is 4.88 Å². The smallest absolute Gasteiger partial charge is 0.213 e. The summed E-state index contributed by atoms with van der Waals surface area (Å²) in [5, 5.41) is 0. The molecule has 0 radical (unpaired) electrons. The number of aryl methyl sites for hydroxylation is 3. The molecule has 4 heteroatoms. The second kappa shape index (κ2) is 3.69. The molecule has 0 bridgehead atoms. The van der Waals surface area contributed by atoms with Gasteiger partial charge in [-0.25, -0.2) is 0 Å². The average molecular weight is 269 g/mol. The molecule has 2 heterocycles. The molecule has 0 saturated heterocycles. The van der Waals surface area contributed by atoms with E-state index < -0.39 is 0 Å². The fourth-order valence-corrected chi connectivity index (χ4v) is 4.41. The van der Waals surface area contributed by atoms with E-state index in [4.69, 9.17) is 11.6 Å². The predicted octanol–water partition coefficient (Wildman–Crippen LogP) is 4.10. The zero-order valence-electron chi connectivity index (χ0n) is 8.67. The molecule has 0 fully saturated rings. The van der Waals surface area contributed by atoms with Crippen molar-refractivity contribution in [1.82, 2.24) is 0 Å². The first kappa shape index (κ1) is 10.5. The van der Waals surface area contributed by atoms with Gasteiger partial charge in [0.2, 0.25) is 5.78 Å². The molecule has 82 valence electrons. The van der Waals surface area contributed by atoms with E-state index in [1.807, 2.05) is 6.07 Å². The van der Waals surface area contributed by atoms with E-state index in [2.05, 4.69) is 13.0 Å². The molecule has 0 aromatic carbocycles. The lowest BCUT2D eigenvalue weighted by atomic mass is 10.1. The molecule has 0 saturated carbocycles. The van der Waals surface area contributed by atoms with E-state index in [9.17, 15) is 4.79 Å². The highest BCUT2D eigenvalue weighted by Gasteiger charge is 2.25. The van der Waals surface area contributed by atoms with Gasteiger partial charge in [-0.05, 0) is 43.0 Å². The van der Waals surface area contributed by atoms with E-state index in [-0.39, 0.29) is 5.78 Å². The van der Waals surface area contributed by atoms with Crippen molar-refractivity contribution in [3.63, 3.8) is 0 Å². The number of hydrogen-bond acceptors (Lipinski definition) is 3. The number of rotatable bonds is 0. The Balaban J connectivity index is 2.19. The highest BCUT2D eigenvalue weighted by molar-refractivity contribution is 7.20. The Labute approximate surface area is 107 Å². The maximum absolute atomic E-state index is 12.3. The molecule has 0 spiro atoms. The topological polar surface area (TPSA) is 17.1 Å². The highest BCUT2D eigenvalue weighted by atomic mass is 35.5. The van der Waals surface area contributed by atoms with Crippen LogP contribution >= 0.6 is 34.3 Å². The molecular formula is C12H9ClOS2. The maximum atomic E-state index is 12.3. The minimum atomic E-state index is 0.164. The second-order valence-corrected chi connectivity index (χ2v) is 6.89. The Morgan fingerprint density at radius 1 is 1.12 bits per heavy atom. The first-order valence-electron chi connectivity index (χ1n) is 5.07. The van der Waals surface area contributed by atoms with Gasteiger partial charge in [0.05, 0.1) is 14.1 Å². The van der Waals surface area contributed by atoms with Crippen LogP contribution in [0, 0.1) is 6.92 Å². The van der Waals surface area contributed by atoms with Gasteiger partial charge < -0.3 is 0 Å². The van der Waals surface area contributed by atoms with Crippen LogP contribution < -0.4 is 0 Å². The molecule has 0 amide bonds. The van der Waals surface area contributed by atoms with Crippen LogP contribution in [0.3, 0.4) is 0 Å². The molecule has 1 aliphatic carbocycles. The van der Waals surface area contributed by atoms with Crippen LogP contribution in [0.5, 0.6) is 0 Å². The van der Waals surface area contributed by atoms with Crippen LogP contribution in [0.4, 0.5) is 0 Å². The number of carbonyl (C=O) groups excluding carboxylic acids is 1. The minimum Gasteiger partial charge on any atom is -0.287 e. The highest BCUT2D eigenvalue weighted by Crippen LogP contribution is 2.36. The van der Waals surface area contributed by atoms with Crippen LogP contribution in [0.2, 0.25) is 4.34 Å². The molecule has 3 rings (SSSR count). The van der Waals surface area contributed by atoms with Crippen LogP contribution in [0.1, 0.15) is 30.6 Å². The summed E-state index contributed by atoms with van der Waals surface area (Å²) in [5.41, 5.74) is 2.31. The number of hydrogen-bond donors (Lipinski definition) is 0. The van der Waals surface area contributed by atoms with Crippen molar-refractivity contribution >= 4 is 40.1 Å². The SMILES string of the molecule is Cc1cc2c(s1)C(=O)c1sc(Cl)cc1CC2. The van der Waals surface area contributed by atoms with Crippen molar-refractivity contribution in [3.8, 4) is 0 Å². The third-order valence-electron chi connectivity index (χ3n) is 2.79. The summed E-state index contributed by atoms with van der Waals surface area (Å²) in [6.45, 7) is 2.05. The number of ketones is 1. The van der Waals surface area contributed by atoms with Crippen molar-refractivity contribution < 1.29 is 4.79 Å². The lowest BCUT2D eigenvalue weighted by Crippen LogP contribution is -1.97. The van der Waals surface area contributed by atoms with Gasteiger partial charge in [0.25, 0.3) is 0 Å². The summed E-state index contributed by atoms with van der Waals surface area (Å²) in [4.78, 5) is 15.3. The van der Waals surface area contributed by atoms with Gasteiger partial charge in [-0.3, -0.25) is 4.79 Å². The van der Waals surface area contributed by atoms with E-state index in [1.54, 1.807) is 11.3 Å². The molecule has 0 aliphatic heterocycles. The Morgan fingerprint density at radius 2 is 1.75 bits per heavy atom. The van der Waals surface area contributed by atoms with Crippen LogP contribution in [-0.2, 0) is 12.8 Å². The van der Waals surface area contributed by atoms with Crippen molar-refractivity contribution in [2.24, 2.45) is 0 Å². The summed E-state index contributed by atoms with van der Waals surface area (Å²) < 4.78 is 0.718. The molecule has 16 heavy (non-hydrogen) atoms. The number of fused-ring (bicyclic) bond motifs is 2. The van der Waals surface area contributed by atoms with E-state index in [0.29, 0.717) is 0 Å². The van der Waals surface area contributed by atoms with Crippen LogP contribution in [-0.4, -0.2) is 5.78 Å². The van der Waals surface area contributed by atoms with Crippen molar-refractivity contribution in [3.05, 3.63) is 42.2 Å². The summed E-state index contributed by atoms with van der Waals surface area (Å²) >= 11 is 8.98. The second-order valence-electron chi connectivity index (χ2n) is 3.95. The fraction of sp³-hybridized carbons (Fsp3) is 0.250. The van der Waals surface area contributed by atoms with Crippen molar-refractivity contribution in [2.45, 2.75) is 19.8 Å². The van der Waals surface area contributed by atoms with E-state index in [0.717, 1.165) is 32.5 Å². The number of carbonyl (C=O) groups is 1. The molecule has 1 aliphatic rings. The van der Waals surface area contributed by atoms with Gasteiger partial charge in [-0.15, -0.1) is 22.7 Å². The van der Waals surface area contributed by atoms with E-state index >= 15 is 0 Å². The molecule has 0 unspecified atom stereocenters. The largest absolute Gasteiger partial charge is 0.287 e. The van der Waals surface area contributed by atoms with Crippen LogP contribution in [0.15, 0.2) is 12.1 Å². The molecular weight excluding hydrogens is 260 g/mol. The Morgan fingerprint density at radius 3 is 2.50 bits per heavy atom. The Hall–Kier alpha value is -0.640. The third kappa shape index (κ3) is 1.54. The molecule has 2 aromatic heterocycles. The fourth-order valence-electron chi connectivity index (χ4n) is 2.09. The summed E-state index contributed by atoms with van der Waals surface area (Å²) in [6.07, 6.45) is 1.87. The van der Waals surface area contributed by atoms with Gasteiger partial charge in [-0.1, -0.05) is 11.6 Å². The molecule has 2 aromatic rings. The summed E-state index contributed by atoms with van der Waals surface area (Å²) in [5.74, 6) is 0.164. The standard InChI is InChI=1S/C12H9ClOS2/c1-6-4-7-2-3-8-5-9(13)16-12(8)10(14)11(7)15-6/h4-5H,2-3H2,1H3. The van der Waals surface area contributed by atoms with Crippen molar-refractivity contribution in [2.75, 3.05) is 0 Å². The van der Waals surface area contributed by atoms with Crippen molar-refractivity contribution in [1.29, 1.82) is 0 Å². The molecule has 0 atom stereocenters. The Kier molecular flexibility index (Phi) is 2.42. The van der Waals surface area contributed by atoms with Gasteiger partial charge in [-0.2, -0.15) is 0 Å². The van der Waals surface area contributed by atoms with Gasteiger partial charge in [0.1, 0.15) is 0 Å². The summed E-state index contributed by atoms with van der Waals surface area (Å²) in [6, 6.07) is 4.07. The number of halogens is 1. The van der Waals surface area contributed by atoms with E-state index in [1.165, 1.54) is 21.8 Å². The maximum Gasteiger partial charge on any atom is 0.213 e. The third-order valence-corrected chi connectivity index (χ3v) is 5.18. The lowest BCUT2D eigenvalue weighted by Gasteiger charge is -1.94. The summed E-state index contributed by atoms with van der Waals surface area (Å²) in [7, 11) is 0. The van der Waals surface area contributed by atoms with Gasteiger partial charge >= 0.3 is 0 Å². The average Bonchev–Trinajstić information content (AvgIpc) is 2.75. The normalized spacial score (nSPS) is 14.5. The Bertz CT molecular complexity index is 530. The minimum absolute atomic E-state index is 0.164.